The first-order valence-electron chi connectivity index (χ1n) is 13.5. The first-order chi connectivity index (χ1) is 19.6. The van der Waals surface area contributed by atoms with Crippen molar-refractivity contribution in [2.75, 3.05) is 36.8 Å². The van der Waals surface area contributed by atoms with Gasteiger partial charge in [0.2, 0.25) is 11.8 Å². The van der Waals surface area contributed by atoms with Gasteiger partial charge in [0.15, 0.2) is 0 Å². The van der Waals surface area contributed by atoms with E-state index in [1.54, 1.807) is 12.2 Å². The molecule has 0 spiro atoms. The number of nitrogens with zero attached hydrogens (tertiary/aromatic N) is 2. The predicted octanol–water partition coefficient (Wildman–Crippen LogP) is 4.89. The maximum atomic E-state index is 12.5. The monoisotopic (exact) mass is 568 g/mol. The van der Waals surface area contributed by atoms with Crippen LogP contribution in [0.4, 0.5) is 11.4 Å². The molecule has 4 N–H and O–H groups in total. The quantitative estimate of drug-likeness (QED) is 0.290. The molecule has 8 nitrogen and oxygen atoms in total. The van der Waals surface area contributed by atoms with E-state index < -0.39 is 0 Å². The Morgan fingerprint density at radius 3 is 1.49 bits per heavy atom. The van der Waals surface area contributed by atoms with E-state index in [4.69, 9.17) is 0 Å². The summed E-state index contributed by atoms with van der Waals surface area (Å²) in [4.78, 5) is 34.0. The van der Waals surface area contributed by atoms with E-state index in [-0.39, 0.29) is 24.2 Å². The Morgan fingerprint density at radius 1 is 0.659 bits per heavy atom. The molecule has 3 aromatic carbocycles. The lowest BCUT2D eigenvalue weighted by atomic mass is 10.1. The molecule has 2 amide bonds. The third-order valence-electron chi connectivity index (χ3n) is 6.39. The van der Waals surface area contributed by atoms with Crippen LogP contribution < -0.4 is 21.3 Å². The Kier molecular flexibility index (Phi) is 10.5. The summed E-state index contributed by atoms with van der Waals surface area (Å²) in [5.74, 6) is 1.29. The van der Waals surface area contributed by atoms with E-state index in [2.05, 4.69) is 31.3 Å². The summed E-state index contributed by atoms with van der Waals surface area (Å²) in [5.41, 5.74) is 5.10. The molecule has 0 bridgehead atoms. The van der Waals surface area contributed by atoms with Gasteiger partial charge in [-0.05, 0) is 60.4 Å². The topological polar surface area (TPSA) is 107 Å². The number of carbonyl (C=O) groups is 2. The van der Waals surface area contributed by atoms with Crippen molar-refractivity contribution in [3.05, 3.63) is 107 Å². The highest BCUT2D eigenvalue weighted by Gasteiger charge is 2.09. The highest BCUT2D eigenvalue weighted by molar-refractivity contribution is 6.05. The van der Waals surface area contributed by atoms with Crippen molar-refractivity contribution in [3.8, 4) is 0 Å². The number of nitrogens with one attached hydrogen (secondary N) is 4. The zero-order valence-electron chi connectivity index (χ0n) is 22.6. The zero-order chi connectivity index (χ0) is 27.6. The van der Waals surface area contributed by atoms with Gasteiger partial charge in [0.05, 0.1) is 0 Å². The normalized spacial score (nSPS) is 14.7. The lowest BCUT2D eigenvalue weighted by Gasteiger charge is -2.15. The molecule has 0 atom stereocenters. The van der Waals surface area contributed by atoms with Crippen molar-refractivity contribution in [3.63, 3.8) is 0 Å². The number of benzene rings is 3. The van der Waals surface area contributed by atoms with Crippen LogP contribution in [-0.4, -0.2) is 49.7 Å². The van der Waals surface area contributed by atoms with Crippen molar-refractivity contribution in [2.24, 2.45) is 9.98 Å². The first kappa shape index (κ1) is 29.3. The molecule has 5 rings (SSSR count). The smallest absolute Gasteiger partial charge is 0.248 e. The number of hydrogen-bond acceptors (Lipinski definition) is 6. The zero-order valence-corrected chi connectivity index (χ0v) is 23.4. The van der Waals surface area contributed by atoms with Crippen LogP contribution in [-0.2, 0) is 9.59 Å². The molecule has 210 valence electrons. The fourth-order valence-electron chi connectivity index (χ4n) is 4.37. The molecular weight excluding hydrogens is 536 g/mol. The van der Waals surface area contributed by atoms with Gasteiger partial charge in [0, 0.05) is 60.8 Å². The van der Waals surface area contributed by atoms with E-state index >= 15 is 0 Å². The molecule has 0 aliphatic carbocycles. The first-order valence-corrected chi connectivity index (χ1v) is 13.5. The van der Waals surface area contributed by atoms with E-state index in [1.807, 2.05) is 72.8 Å². The van der Waals surface area contributed by atoms with Gasteiger partial charge in [-0.2, -0.15) is 0 Å². The predicted molar refractivity (Wildman–Crippen MR) is 170 cm³/mol. The molecular formula is C32H33ClN6O2. The Hall–Kier alpha value is -4.69. The van der Waals surface area contributed by atoms with E-state index in [1.165, 1.54) is 12.2 Å². The van der Waals surface area contributed by atoms with Crippen LogP contribution in [0, 0.1) is 0 Å². The minimum absolute atomic E-state index is 0. The van der Waals surface area contributed by atoms with Crippen molar-refractivity contribution in [1.82, 2.24) is 10.6 Å². The van der Waals surface area contributed by atoms with Gasteiger partial charge in [-0.3, -0.25) is 19.6 Å². The standard InChI is InChI=1S/C32H32N6O2.ClH/c39-29(37-27-7-1-5-25(21-27)31-33-17-3-18-34-31)15-13-23-9-11-24(12-10-23)14-16-30(40)38-28-8-2-6-26(22-28)32-35-19-4-20-36-32;/h1-2,5-16,21-22H,3-4,17-20H2,(H,33,34)(H,35,36)(H,37,39)(H,38,40);1H/b15-13-,16-14+;. The second-order valence-corrected chi connectivity index (χ2v) is 9.49. The van der Waals surface area contributed by atoms with Gasteiger partial charge in [0.25, 0.3) is 0 Å². The van der Waals surface area contributed by atoms with Crippen LogP contribution in [0.3, 0.4) is 0 Å². The number of halogens is 1. The van der Waals surface area contributed by atoms with Crippen molar-refractivity contribution in [2.45, 2.75) is 12.8 Å². The Bertz CT molecular complexity index is 1380. The van der Waals surface area contributed by atoms with Crippen LogP contribution >= 0.6 is 12.4 Å². The molecule has 0 saturated carbocycles. The van der Waals surface area contributed by atoms with Gasteiger partial charge in [-0.15, -0.1) is 12.4 Å². The molecule has 2 aliphatic rings. The average molecular weight is 569 g/mol. The SMILES string of the molecule is Cl.O=C(/C=C\c1ccc(/C=C/C(=O)Nc2cccc(C3=NCCCN3)c2)cc1)Nc1cccc(C2=NCCCN2)c1. The van der Waals surface area contributed by atoms with Gasteiger partial charge in [-0.25, -0.2) is 0 Å². The fraction of sp³-hybridized carbons (Fsp3) is 0.188. The van der Waals surface area contributed by atoms with E-state index in [9.17, 15) is 9.59 Å². The van der Waals surface area contributed by atoms with E-state index in [0.717, 1.165) is 72.9 Å². The Balaban J connectivity index is 0.00000387. The molecule has 3 aromatic rings. The molecule has 0 unspecified atom stereocenters. The molecule has 0 radical (unpaired) electrons. The number of rotatable bonds is 8. The number of aliphatic imine (C=N–C) groups is 2. The van der Waals surface area contributed by atoms with Gasteiger partial charge >= 0.3 is 0 Å². The van der Waals surface area contributed by atoms with Gasteiger partial charge in [0.1, 0.15) is 11.7 Å². The maximum Gasteiger partial charge on any atom is 0.248 e. The van der Waals surface area contributed by atoms with Crippen LogP contribution in [0.1, 0.15) is 35.1 Å². The summed E-state index contributed by atoms with van der Waals surface area (Å²) in [6.07, 6.45) is 8.58. The minimum atomic E-state index is -0.216. The largest absolute Gasteiger partial charge is 0.370 e. The minimum Gasteiger partial charge on any atom is -0.370 e. The second-order valence-electron chi connectivity index (χ2n) is 9.49. The molecule has 41 heavy (non-hydrogen) atoms. The summed E-state index contributed by atoms with van der Waals surface area (Å²) in [5, 5.41) is 12.4. The summed E-state index contributed by atoms with van der Waals surface area (Å²) >= 11 is 0. The summed E-state index contributed by atoms with van der Waals surface area (Å²) in [6, 6.07) is 22.9. The highest BCUT2D eigenvalue weighted by atomic mass is 35.5. The molecule has 2 aliphatic heterocycles. The molecule has 9 heteroatoms. The number of anilines is 2. The average Bonchev–Trinajstić information content (AvgIpc) is 3.01. The maximum absolute atomic E-state index is 12.5. The van der Waals surface area contributed by atoms with Crippen LogP contribution in [0.25, 0.3) is 12.2 Å². The molecule has 0 fully saturated rings. The Labute approximate surface area is 246 Å². The van der Waals surface area contributed by atoms with Crippen LogP contribution in [0.15, 0.2) is 94.9 Å². The van der Waals surface area contributed by atoms with Crippen LogP contribution in [0.2, 0.25) is 0 Å². The molecule has 2 heterocycles. The lowest BCUT2D eigenvalue weighted by molar-refractivity contribution is -0.112. The number of amides is 2. The Morgan fingerprint density at radius 2 is 1.10 bits per heavy atom. The second kappa shape index (κ2) is 14.6. The van der Waals surface area contributed by atoms with Crippen molar-refractivity contribution < 1.29 is 9.59 Å². The lowest BCUT2D eigenvalue weighted by Crippen LogP contribution is -2.30. The van der Waals surface area contributed by atoms with Crippen LogP contribution in [0.5, 0.6) is 0 Å². The summed E-state index contributed by atoms with van der Waals surface area (Å²) in [6.45, 7) is 3.44. The molecule has 0 aromatic heterocycles. The number of carbonyl (C=O) groups excluding carboxylic acids is 2. The summed E-state index contributed by atoms with van der Waals surface area (Å²) < 4.78 is 0. The van der Waals surface area contributed by atoms with Crippen molar-refractivity contribution >= 4 is 59.4 Å². The van der Waals surface area contributed by atoms with Crippen molar-refractivity contribution in [1.29, 1.82) is 0 Å². The van der Waals surface area contributed by atoms with E-state index in [0.29, 0.717) is 11.4 Å². The van der Waals surface area contributed by atoms with Gasteiger partial charge in [-0.1, -0.05) is 48.5 Å². The third kappa shape index (κ3) is 8.65. The van der Waals surface area contributed by atoms with Gasteiger partial charge < -0.3 is 21.3 Å². The fourth-order valence-corrected chi connectivity index (χ4v) is 4.37. The molecule has 0 saturated heterocycles. The summed E-state index contributed by atoms with van der Waals surface area (Å²) in [7, 11) is 0. The number of amidine groups is 2. The highest BCUT2D eigenvalue weighted by Crippen LogP contribution is 2.15. The third-order valence-corrected chi connectivity index (χ3v) is 6.39. The number of hydrogen-bond donors (Lipinski definition) is 4.